The lowest BCUT2D eigenvalue weighted by Gasteiger charge is -2.27. The van der Waals surface area contributed by atoms with Gasteiger partial charge in [0.1, 0.15) is 23.0 Å². The second-order valence-electron chi connectivity index (χ2n) is 6.56. The summed E-state index contributed by atoms with van der Waals surface area (Å²) in [6.45, 7) is 3.15. The average molecular weight is 388 g/mol. The van der Waals surface area contributed by atoms with Crippen LogP contribution in [0.15, 0.2) is 23.6 Å². The van der Waals surface area contributed by atoms with Gasteiger partial charge in [0.25, 0.3) is 0 Å². The first-order valence-electron chi connectivity index (χ1n) is 8.73. The quantitative estimate of drug-likeness (QED) is 0.848. The van der Waals surface area contributed by atoms with Crippen molar-refractivity contribution >= 4 is 17.2 Å². The van der Waals surface area contributed by atoms with Crippen LogP contribution in [0.25, 0.3) is 10.6 Å². The molecule has 1 amide bonds. The molecule has 2 N–H and O–H groups in total. The molecule has 1 aromatic heterocycles. The maximum absolute atomic E-state index is 14.6. The molecule has 1 fully saturated rings. The predicted octanol–water partition coefficient (Wildman–Crippen LogP) is 2.27. The summed E-state index contributed by atoms with van der Waals surface area (Å²) in [5, 5.41) is 12.3. The van der Waals surface area contributed by atoms with Crippen LogP contribution in [0.3, 0.4) is 0 Å². The van der Waals surface area contributed by atoms with E-state index in [0.717, 1.165) is 16.3 Å². The molecule has 27 heavy (non-hydrogen) atoms. The summed E-state index contributed by atoms with van der Waals surface area (Å²) in [6.07, 6.45) is 0.168. The van der Waals surface area contributed by atoms with Crippen LogP contribution >= 0.6 is 11.3 Å². The maximum Gasteiger partial charge on any atom is 0.247 e. The summed E-state index contributed by atoms with van der Waals surface area (Å²) < 4.78 is 20.1. The standard InChI is InChI=1S/C19H21FN4O2S/c1-12-11-27-19(23-12)14-4-3-13(16(20)8-14)7-15(9-21)24-5-2-6-26-17(10-24)18(22)25/h3-4,8,11,15,17H,2,5-7,10H2,1H3,(H2,22,25)/t15-,17-/m0/s1. The molecule has 0 radical (unpaired) electrons. The van der Waals surface area contributed by atoms with Crippen LogP contribution in [0.1, 0.15) is 17.7 Å². The van der Waals surface area contributed by atoms with Crippen LogP contribution in [-0.2, 0) is 16.0 Å². The van der Waals surface area contributed by atoms with Gasteiger partial charge in [-0.25, -0.2) is 9.37 Å². The minimum atomic E-state index is -0.747. The molecule has 0 saturated carbocycles. The molecule has 0 spiro atoms. The summed E-state index contributed by atoms with van der Waals surface area (Å²) in [4.78, 5) is 17.7. The Bertz CT molecular complexity index is 864. The molecule has 8 heteroatoms. The number of halogens is 1. The van der Waals surface area contributed by atoms with Crippen molar-refractivity contribution in [2.75, 3.05) is 19.7 Å². The lowest BCUT2D eigenvalue weighted by atomic mass is 10.0. The van der Waals surface area contributed by atoms with E-state index in [-0.39, 0.29) is 18.8 Å². The van der Waals surface area contributed by atoms with Gasteiger partial charge in [-0.05, 0) is 25.0 Å². The van der Waals surface area contributed by atoms with E-state index < -0.39 is 18.1 Å². The zero-order valence-corrected chi connectivity index (χ0v) is 15.8. The van der Waals surface area contributed by atoms with Crippen molar-refractivity contribution in [3.63, 3.8) is 0 Å². The number of thiazole rings is 1. The van der Waals surface area contributed by atoms with Gasteiger partial charge in [0.05, 0.1) is 6.07 Å². The third-order valence-electron chi connectivity index (χ3n) is 4.55. The highest BCUT2D eigenvalue weighted by atomic mass is 32.1. The average Bonchev–Trinajstić information content (AvgIpc) is 2.92. The normalized spacial score (nSPS) is 19.2. The fourth-order valence-corrected chi connectivity index (χ4v) is 3.90. The molecule has 2 heterocycles. The van der Waals surface area contributed by atoms with E-state index in [1.54, 1.807) is 6.07 Å². The lowest BCUT2D eigenvalue weighted by Crippen LogP contribution is -2.45. The van der Waals surface area contributed by atoms with Crippen molar-refractivity contribution in [1.29, 1.82) is 5.26 Å². The molecule has 1 saturated heterocycles. The van der Waals surface area contributed by atoms with Crippen molar-refractivity contribution in [3.05, 3.63) is 40.7 Å². The molecule has 0 unspecified atom stereocenters. The molecular weight excluding hydrogens is 367 g/mol. The van der Waals surface area contributed by atoms with Gasteiger partial charge in [-0.1, -0.05) is 12.1 Å². The molecule has 1 aliphatic rings. The highest BCUT2D eigenvalue weighted by Gasteiger charge is 2.28. The molecule has 0 bridgehead atoms. The summed E-state index contributed by atoms with van der Waals surface area (Å²) in [7, 11) is 0. The summed E-state index contributed by atoms with van der Waals surface area (Å²) in [6, 6.07) is 6.65. The van der Waals surface area contributed by atoms with Crippen LogP contribution in [0, 0.1) is 24.1 Å². The van der Waals surface area contributed by atoms with E-state index in [2.05, 4.69) is 11.1 Å². The minimum Gasteiger partial charge on any atom is -0.367 e. The van der Waals surface area contributed by atoms with Gasteiger partial charge in [-0.15, -0.1) is 11.3 Å². The van der Waals surface area contributed by atoms with Crippen LogP contribution in [0.2, 0.25) is 0 Å². The van der Waals surface area contributed by atoms with E-state index in [1.165, 1.54) is 17.4 Å². The van der Waals surface area contributed by atoms with Crippen LogP contribution < -0.4 is 5.73 Å². The number of aromatic nitrogens is 1. The van der Waals surface area contributed by atoms with Crippen molar-refractivity contribution in [3.8, 4) is 16.6 Å². The zero-order valence-electron chi connectivity index (χ0n) is 15.0. The Kier molecular flexibility index (Phi) is 6.16. The second kappa shape index (κ2) is 8.57. The van der Waals surface area contributed by atoms with E-state index in [4.69, 9.17) is 10.5 Å². The maximum atomic E-state index is 14.6. The van der Waals surface area contributed by atoms with Gasteiger partial charge >= 0.3 is 0 Å². The number of rotatable bonds is 5. The van der Waals surface area contributed by atoms with Gasteiger partial charge in [-0.2, -0.15) is 5.26 Å². The van der Waals surface area contributed by atoms with Crippen molar-refractivity contribution in [2.24, 2.45) is 5.73 Å². The Morgan fingerprint density at radius 1 is 1.59 bits per heavy atom. The number of nitrogens with two attached hydrogens (primary N) is 1. The van der Waals surface area contributed by atoms with Crippen LogP contribution in [0.4, 0.5) is 4.39 Å². The minimum absolute atomic E-state index is 0.227. The molecule has 0 aliphatic carbocycles. The predicted molar refractivity (Wildman–Crippen MR) is 100 cm³/mol. The van der Waals surface area contributed by atoms with Crippen LogP contribution in [0.5, 0.6) is 0 Å². The summed E-state index contributed by atoms with van der Waals surface area (Å²) >= 11 is 1.47. The van der Waals surface area contributed by atoms with Crippen molar-refractivity contribution in [1.82, 2.24) is 9.88 Å². The number of benzene rings is 1. The second-order valence-corrected chi connectivity index (χ2v) is 7.42. The van der Waals surface area contributed by atoms with Crippen molar-refractivity contribution < 1.29 is 13.9 Å². The Morgan fingerprint density at radius 3 is 3.04 bits per heavy atom. The molecule has 2 aromatic rings. The van der Waals surface area contributed by atoms with Gasteiger partial charge < -0.3 is 10.5 Å². The number of nitrogens with zero attached hydrogens (tertiary/aromatic N) is 3. The van der Waals surface area contributed by atoms with Crippen LogP contribution in [-0.4, -0.2) is 47.6 Å². The Hall–Kier alpha value is -2.34. The largest absolute Gasteiger partial charge is 0.367 e. The monoisotopic (exact) mass is 388 g/mol. The lowest BCUT2D eigenvalue weighted by molar-refractivity contribution is -0.129. The third kappa shape index (κ3) is 4.69. The van der Waals surface area contributed by atoms with Gasteiger partial charge in [-0.3, -0.25) is 9.69 Å². The SMILES string of the molecule is Cc1csc(-c2ccc(C[C@@H](C#N)N3CCCO[C@H](C(N)=O)C3)c(F)c2)n1. The molecule has 1 aromatic carbocycles. The number of hydrogen-bond acceptors (Lipinski definition) is 6. The molecule has 2 atom stereocenters. The number of hydrogen-bond donors (Lipinski definition) is 1. The fourth-order valence-electron chi connectivity index (χ4n) is 3.10. The van der Waals surface area contributed by atoms with E-state index >= 15 is 0 Å². The third-order valence-corrected chi connectivity index (χ3v) is 5.56. The molecule has 3 rings (SSSR count). The number of amides is 1. The first-order chi connectivity index (χ1) is 13.0. The Balaban J connectivity index is 1.76. The van der Waals surface area contributed by atoms with E-state index in [1.807, 2.05) is 23.3 Å². The van der Waals surface area contributed by atoms with Crippen molar-refractivity contribution in [2.45, 2.75) is 31.9 Å². The number of nitriles is 1. The highest BCUT2D eigenvalue weighted by molar-refractivity contribution is 7.13. The summed E-state index contributed by atoms with van der Waals surface area (Å²) in [5.41, 5.74) is 7.43. The van der Waals surface area contributed by atoms with E-state index in [0.29, 0.717) is 25.1 Å². The van der Waals surface area contributed by atoms with Gasteiger partial charge in [0, 0.05) is 42.8 Å². The van der Waals surface area contributed by atoms with Gasteiger partial charge in [0.15, 0.2) is 0 Å². The zero-order chi connectivity index (χ0) is 19.4. The van der Waals surface area contributed by atoms with E-state index in [9.17, 15) is 14.4 Å². The number of aryl methyl sites for hydroxylation is 1. The highest BCUT2D eigenvalue weighted by Crippen LogP contribution is 2.26. The molecule has 142 valence electrons. The number of primary amides is 1. The molecular formula is C19H21FN4O2S. The number of carbonyl (C=O) groups is 1. The Morgan fingerprint density at radius 2 is 2.41 bits per heavy atom. The van der Waals surface area contributed by atoms with Gasteiger partial charge in [0.2, 0.25) is 5.91 Å². The molecule has 6 nitrogen and oxygen atoms in total. The topological polar surface area (TPSA) is 92.2 Å². The fraction of sp³-hybridized carbons (Fsp3) is 0.421. The molecule has 1 aliphatic heterocycles. The Labute approximate surface area is 161 Å². The first-order valence-corrected chi connectivity index (χ1v) is 9.61. The summed E-state index contributed by atoms with van der Waals surface area (Å²) in [5.74, 6) is -0.911. The number of carbonyl (C=O) groups excluding carboxylic acids is 1. The number of ether oxygens (including phenoxy) is 1. The smallest absolute Gasteiger partial charge is 0.247 e. The first kappa shape index (κ1) is 19.4.